The van der Waals surface area contributed by atoms with Crippen LogP contribution in [0.2, 0.25) is 0 Å². The predicted octanol–water partition coefficient (Wildman–Crippen LogP) is -0.100. The van der Waals surface area contributed by atoms with E-state index in [1.54, 1.807) is 24.3 Å². The topological polar surface area (TPSA) is 81.4 Å². The van der Waals surface area contributed by atoms with E-state index >= 15 is 0 Å². The lowest BCUT2D eigenvalue weighted by Gasteiger charge is -2.04. The smallest absolute Gasteiger partial charge is 0.325 e. The van der Waals surface area contributed by atoms with Gasteiger partial charge in [0.05, 0.1) is 13.7 Å². The van der Waals surface area contributed by atoms with Gasteiger partial charge in [-0.05, 0) is 18.2 Å². The van der Waals surface area contributed by atoms with Gasteiger partial charge in [0.15, 0.2) is 0 Å². The van der Waals surface area contributed by atoms with Crippen LogP contribution in [-0.4, -0.2) is 32.1 Å². The van der Waals surface area contributed by atoms with Crippen molar-refractivity contribution in [3.63, 3.8) is 0 Å². The molecule has 0 radical (unpaired) electrons. The Labute approximate surface area is 105 Å². The average Bonchev–Trinajstić information content (AvgIpc) is 2.42. The largest absolute Gasteiger partial charge is 0.468 e. The number of carbonyl (C=O) groups excluding carboxylic acids is 2. The molecule has 5 nitrogen and oxygen atoms in total. The lowest BCUT2D eigenvalue weighted by molar-refractivity contribution is -0.139. The highest BCUT2D eigenvalue weighted by atomic mass is 16.5. The number of nitrogens with two attached hydrogens (primary N) is 1. The van der Waals surface area contributed by atoms with E-state index in [0.717, 1.165) is 0 Å². The minimum Gasteiger partial charge on any atom is -0.468 e. The fraction of sp³-hybridized carbons (Fsp3) is 0.231. The monoisotopic (exact) mass is 246 g/mol. The molecule has 1 aromatic carbocycles. The van der Waals surface area contributed by atoms with Gasteiger partial charge in [-0.1, -0.05) is 17.9 Å². The number of ether oxygens (including phenoxy) is 1. The molecule has 18 heavy (non-hydrogen) atoms. The Morgan fingerprint density at radius 3 is 2.89 bits per heavy atom. The van der Waals surface area contributed by atoms with Crippen molar-refractivity contribution in [1.29, 1.82) is 0 Å². The second-order valence-corrected chi connectivity index (χ2v) is 3.35. The number of nitrogens with one attached hydrogen (secondary N) is 1. The molecule has 0 saturated heterocycles. The highest BCUT2D eigenvalue weighted by Crippen LogP contribution is 2.03. The van der Waals surface area contributed by atoms with E-state index in [4.69, 9.17) is 5.73 Å². The number of methoxy groups -OCH3 is 1. The quantitative estimate of drug-likeness (QED) is 0.576. The van der Waals surface area contributed by atoms with Crippen molar-refractivity contribution in [2.45, 2.75) is 0 Å². The van der Waals surface area contributed by atoms with Crippen LogP contribution in [0.5, 0.6) is 0 Å². The molecular weight excluding hydrogens is 232 g/mol. The van der Waals surface area contributed by atoms with E-state index in [2.05, 4.69) is 21.9 Å². The van der Waals surface area contributed by atoms with Gasteiger partial charge in [0.25, 0.3) is 5.91 Å². The number of esters is 1. The molecule has 0 aliphatic heterocycles. The highest BCUT2D eigenvalue weighted by molar-refractivity contribution is 5.96. The summed E-state index contributed by atoms with van der Waals surface area (Å²) in [4.78, 5) is 22.6. The van der Waals surface area contributed by atoms with Gasteiger partial charge in [0.1, 0.15) is 6.54 Å². The van der Waals surface area contributed by atoms with Crippen molar-refractivity contribution in [2.75, 3.05) is 20.2 Å². The standard InChI is InChI=1S/C13H14N2O3/c1-18-12(16)9-15-13(17)11-6-2-4-10(8-11)5-3-7-14/h2,4,6,8H,7,9,14H2,1H3,(H,15,17). The van der Waals surface area contributed by atoms with Gasteiger partial charge in [-0.15, -0.1) is 0 Å². The Kier molecular flexibility index (Phi) is 5.42. The van der Waals surface area contributed by atoms with Crippen LogP contribution in [0.3, 0.4) is 0 Å². The van der Waals surface area contributed by atoms with Gasteiger partial charge < -0.3 is 15.8 Å². The second-order valence-electron chi connectivity index (χ2n) is 3.35. The number of rotatable bonds is 3. The summed E-state index contributed by atoms with van der Waals surface area (Å²) in [6.45, 7) is 0.104. The van der Waals surface area contributed by atoms with Gasteiger partial charge in [0, 0.05) is 11.1 Å². The predicted molar refractivity (Wildman–Crippen MR) is 66.7 cm³/mol. The Morgan fingerprint density at radius 1 is 1.44 bits per heavy atom. The van der Waals surface area contributed by atoms with Crippen LogP contribution in [0, 0.1) is 11.8 Å². The second kappa shape index (κ2) is 7.09. The Bertz CT molecular complexity index is 500. The van der Waals surface area contributed by atoms with E-state index in [0.29, 0.717) is 11.1 Å². The van der Waals surface area contributed by atoms with Crippen LogP contribution in [-0.2, 0) is 9.53 Å². The highest BCUT2D eigenvalue weighted by Gasteiger charge is 2.07. The molecule has 1 aromatic rings. The molecule has 0 fully saturated rings. The third-order valence-electron chi connectivity index (χ3n) is 2.08. The summed E-state index contributed by atoms with van der Waals surface area (Å²) in [5, 5.41) is 2.45. The number of hydrogen-bond donors (Lipinski definition) is 2. The first-order valence-electron chi connectivity index (χ1n) is 5.31. The van der Waals surface area contributed by atoms with Crippen LogP contribution >= 0.6 is 0 Å². The fourth-order valence-corrected chi connectivity index (χ4v) is 1.22. The number of amides is 1. The van der Waals surface area contributed by atoms with Crippen LogP contribution < -0.4 is 11.1 Å². The molecule has 0 aromatic heterocycles. The Hall–Kier alpha value is -2.32. The van der Waals surface area contributed by atoms with Gasteiger partial charge >= 0.3 is 5.97 Å². The summed E-state index contributed by atoms with van der Waals surface area (Å²) in [6, 6.07) is 6.77. The molecule has 0 bridgehead atoms. The number of hydrogen-bond acceptors (Lipinski definition) is 4. The van der Waals surface area contributed by atoms with E-state index in [-0.39, 0.29) is 19.0 Å². The van der Waals surface area contributed by atoms with Crippen molar-refractivity contribution in [2.24, 2.45) is 5.73 Å². The summed E-state index contributed by atoms with van der Waals surface area (Å²) < 4.78 is 4.42. The van der Waals surface area contributed by atoms with Gasteiger partial charge in [-0.25, -0.2) is 0 Å². The van der Waals surface area contributed by atoms with Crippen molar-refractivity contribution < 1.29 is 14.3 Å². The lowest BCUT2D eigenvalue weighted by Crippen LogP contribution is -2.30. The molecule has 0 heterocycles. The number of benzene rings is 1. The maximum Gasteiger partial charge on any atom is 0.325 e. The summed E-state index contributed by atoms with van der Waals surface area (Å²) in [7, 11) is 1.26. The number of carbonyl (C=O) groups is 2. The molecule has 1 rings (SSSR count). The first-order valence-corrected chi connectivity index (χ1v) is 5.31. The average molecular weight is 246 g/mol. The van der Waals surface area contributed by atoms with Crippen LogP contribution in [0.1, 0.15) is 15.9 Å². The molecule has 5 heteroatoms. The van der Waals surface area contributed by atoms with Crippen molar-refractivity contribution in [1.82, 2.24) is 5.32 Å². The van der Waals surface area contributed by atoms with Crippen LogP contribution in [0.4, 0.5) is 0 Å². The lowest BCUT2D eigenvalue weighted by atomic mass is 10.1. The molecule has 3 N–H and O–H groups in total. The summed E-state index contributed by atoms with van der Waals surface area (Å²) in [5.41, 5.74) is 6.40. The van der Waals surface area contributed by atoms with Crippen LogP contribution in [0.15, 0.2) is 24.3 Å². The van der Waals surface area contributed by atoms with Crippen LogP contribution in [0.25, 0.3) is 0 Å². The first-order chi connectivity index (χ1) is 8.67. The SMILES string of the molecule is COC(=O)CNC(=O)c1cccc(C#CCN)c1. The molecule has 0 unspecified atom stereocenters. The molecule has 1 amide bonds. The van der Waals surface area contributed by atoms with E-state index in [1.807, 2.05) is 0 Å². The zero-order valence-electron chi connectivity index (χ0n) is 10.0. The molecule has 0 atom stereocenters. The molecular formula is C13H14N2O3. The Balaban J connectivity index is 2.71. The third-order valence-corrected chi connectivity index (χ3v) is 2.08. The van der Waals surface area contributed by atoms with E-state index in [1.165, 1.54) is 7.11 Å². The fourth-order valence-electron chi connectivity index (χ4n) is 1.22. The molecule has 0 spiro atoms. The van der Waals surface area contributed by atoms with Gasteiger partial charge in [-0.3, -0.25) is 9.59 Å². The minimum atomic E-state index is -0.498. The molecule has 0 aliphatic carbocycles. The third kappa shape index (κ3) is 4.28. The molecule has 94 valence electrons. The zero-order valence-corrected chi connectivity index (χ0v) is 10.0. The van der Waals surface area contributed by atoms with E-state index < -0.39 is 5.97 Å². The Morgan fingerprint density at radius 2 is 2.22 bits per heavy atom. The zero-order chi connectivity index (χ0) is 13.4. The summed E-state index contributed by atoms with van der Waals surface area (Å²) in [5.74, 6) is 4.68. The van der Waals surface area contributed by atoms with Gasteiger partial charge in [-0.2, -0.15) is 0 Å². The van der Waals surface area contributed by atoms with Crippen molar-refractivity contribution in [3.05, 3.63) is 35.4 Å². The minimum absolute atomic E-state index is 0.159. The summed E-state index contributed by atoms with van der Waals surface area (Å²) >= 11 is 0. The van der Waals surface area contributed by atoms with Gasteiger partial charge in [0.2, 0.25) is 0 Å². The maximum absolute atomic E-state index is 11.7. The normalized spacial score (nSPS) is 9.00. The first kappa shape index (κ1) is 13.7. The molecule has 0 saturated carbocycles. The van der Waals surface area contributed by atoms with Crippen molar-refractivity contribution >= 4 is 11.9 Å². The van der Waals surface area contributed by atoms with E-state index in [9.17, 15) is 9.59 Å². The molecule has 0 aliphatic rings. The van der Waals surface area contributed by atoms with Crippen molar-refractivity contribution in [3.8, 4) is 11.8 Å². The maximum atomic E-state index is 11.7. The summed E-state index contributed by atoms with van der Waals surface area (Å²) in [6.07, 6.45) is 0.